The Kier molecular flexibility index (Phi) is 4.47. The van der Waals surface area contributed by atoms with Crippen LogP contribution in [0.3, 0.4) is 0 Å². The maximum absolute atomic E-state index is 12.2. The maximum Gasteiger partial charge on any atom is 0.252 e. The van der Waals surface area contributed by atoms with E-state index in [1.807, 2.05) is 26.0 Å². The third-order valence-corrected chi connectivity index (χ3v) is 5.08. The van der Waals surface area contributed by atoms with Crippen molar-refractivity contribution in [3.8, 4) is 0 Å². The van der Waals surface area contributed by atoms with Crippen LogP contribution >= 0.6 is 22.6 Å². The van der Waals surface area contributed by atoms with Gasteiger partial charge < -0.3 is 15.2 Å². The van der Waals surface area contributed by atoms with Crippen LogP contribution in [0.4, 0.5) is 0 Å². The summed E-state index contributed by atoms with van der Waals surface area (Å²) in [5, 5.41) is 13.1. The SMILES string of the molecule is Cc1cccc(C(=O)NCC2(O)CCOC2C)c1I. The highest BCUT2D eigenvalue weighted by atomic mass is 127. The highest BCUT2D eigenvalue weighted by Crippen LogP contribution is 2.25. The zero-order chi connectivity index (χ0) is 14.0. The number of aliphatic hydroxyl groups is 1. The summed E-state index contributed by atoms with van der Waals surface area (Å²) in [4.78, 5) is 12.2. The van der Waals surface area contributed by atoms with Crippen LogP contribution in [0.2, 0.25) is 0 Å². The molecule has 2 unspecified atom stereocenters. The second-order valence-electron chi connectivity index (χ2n) is 4.99. The third-order valence-electron chi connectivity index (χ3n) is 3.65. The molecule has 1 fully saturated rings. The molecule has 2 N–H and O–H groups in total. The van der Waals surface area contributed by atoms with Crippen molar-refractivity contribution in [3.05, 3.63) is 32.9 Å². The molecule has 1 aliphatic rings. The zero-order valence-electron chi connectivity index (χ0n) is 11.1. The molecule has 1 aromatic rings. The van der Waals surface area contributed by atoms with Crippen molar-refractivity contribution in [2.45, 2.75) is 32.0 Å². The number of ether oxygens (including phenoxy) is 1. The summed E-state index contributed by atoms with van der Waals surface area (Å²) in [6.07, 6.45) is 0.309. The van der Waals surface area contributed by atoms with Crippen LogP contribution in [0.25, 0.3) is 0 Å². The van der Waals surface area contributed by atoms with Crippen LogP contribution in [0.5, 0.6) is 0 Å². The van der Waals surface area contributed by atoms with Gasteiger partial charge in [-0.1, -0.05) is 12.1 Å². The quantitative estimate of drug-likeness (QED) is 0.794. The van der Waals surface area contributed by atoms with Gasteiger partial charge in [0.15, 0.2) is 0 Å². The Morgan fingerprint density at radius 2 is 2.37 bits per heavy atom. The van der Waals surface area contributed by atoms with Crippen molar-refractivity contribution in [2.24, 2.45) is 0 Å². The van der Waals surface area contributed by atoms with E-state index < -0.39 is 5.60 Å². The van der Waals surface area contributed by atoms with Crippen LogP contribution < -0.4 is 5.32 Å². The second kappa shape index (κ2) is 5.76. The number of benzene rings is 1. The van der Waals surface area contributed by atoms with Crippen LogP contribution in [-0.4, -0.2) is 35.9 Å². The Morgan fingerprint density at radius 3 is 3.00 bits per heavy atom. The predicted octanol–water partition coefficient (Wildman–Crippen LogP) is 1.87. The van der Waals surface area contributed by atoms with Crippen molar-refractivity contribution in [2.75, 3.05) is 13.2 Å². The van der Waals surface area contributed by atoms with Gasteiger partial charge in [0.05, 0.1) is 11.7 Å². The molecule has 4 nitrogen and oxygen atoms in total. The van der Waals surface area contributed by atoms with Gasteiger partial charge in [-0.3, -0.25) is 4.79 Å². The van der Waals surface area contributed by atoms with E-state index in [2.05, 4.69) is 27.9 Å². The minimum atomic E-state index is -0.953. The summed E-state index contributed by atoms with van der Waals surface area (Å²) in [5.41, 5.74) is 0.769. The summed E-state index contributed by atoms with van der Waals surface area (Å²) in [5.74, 6) is -0.152. The highest BCUT2D eigenvalue weighted by molar-refractivity contribution is 14.1. The first-order valence-corrected chi connectivity index (χ1v) is 7.39. The smallest absolute Gasteiger partial charge is 0.252 e. The molecule has 2 atom stereocenters. The van der Waals surface area contributed by atoms with Crippen LogP contribution in [-0.2, 0) is 4.74 Å². The topological polar surface area (TPSA) is 58.6 Å². The second-order valence-corrected chi connectivity index (χ2v) is 6.06. The predicted molar refractivity (Wildman–Crippen MR) is 81.2 cm³/mol. The van der Waals surface area contributed by atoms with Gasteiger partial charge in [-0.25, -0.2) is 0 Å². The van der Waals surface area contributed by atoms with Gasteiger partial charge in [0, 0.05) is 23.1 Å². The number of carbonyl (C=O) groups excluding carboxylic acids is 1. The molecule has 19 heavy (non-hydrogen) atoms. The Morgan fingerprint density at radius 1 is 1.63 bits per heavy atom. The van der Waals surface area contributed by atoms with E-state index in [0.717, 1.165) is 9.13 Å². The Balaban J connectivity index is 2.04. The summed E-state index contributed by atoms with van der Waals surface area (Å²) in [6.45, 7) is 4.56. The van der Waals surface area contributed by atoms with E-state index in [4.69, 9.17) is 4.74 Å². The first-order valence-electron chi connectivity index (χ1n) is 6.31. The standard InChI is InChI=1S/C14H18INO3/c1-9-4-3-5-11(12(9)15)13(17)16-8-14(18)6-7-19-10(14)2/h3-5,10,18H,6-8H2,1-2H3,(H,16,17). The minimum absolute atomic E-state index is 0.152. The van der Waals surface area contributed by atoms with Crippen LogP contribution in [0.1, 0.15) is 29.3 Å². The zero-order valence-corrected chi connectivity index (χ0v) is 13.2. The van der Waals surface area contributed by atoms with Crippen LogP contribution in [0.15, 0.2) is 18.2 Å². The Hall–Kier alpha value is -0.660. The van der Waals surface area contributed by atoms with Gasteiger partial charge in [0.1, 0.15) is 5.60 Å². The van der Waals surface area contributed by atoms with Gasteiger partial charge in [0.2, 0.25) is 0 Å². The summed E-state index contributed by atoms with van der Waals surface area (Å²) >= 11 is 2.17. The molecule has 1 saturated heterocycles. The highest BCUT2D eigenvalue weighted by Gasteiger charge is 2.39. The molecule has 0 saturated carbocycles. The van der Waals surface area contributed by atoms with E-state index >= 15 is 0 Å². The fourth-order valence-corrected chi connectivity index (χ4v) is 2.76. The lowest BCUT2D eigenvalue weighted by molar-refractivity contribution is -0.0251. The molecule has 0 aliphatic carbocycles. The average molecular weight is 375 g/mol. The summed E-state index contributed by atoms with van der Waals surface area (Å²) in [7, 11) is 0. The average Bonchev–Trinajstić information content (AvgIpc) is 2.71. The van der Waals surface area contributed by atoms with Gasteiger partial charge in [-0.2, -0.15) is 0 Å². The summed E-state index contributed by atoms with van der Waals surface area (Å²) < 4.78 is 6.29. The molecule has 1 aromatic carbocycles. The van der Waals surface area contributed by atoms with Gasteiger partial charge >= 0.3 is 0 Å². The molecule has 0 spiro atoms. The molecule has 0 radical (unpaired) electrons. The van der Waals surface area contributed by atoms with E-state index in [9.17, 15) is 9.90 Å². The van der Waals surface area contributed by atoms with Gasteiger partial charge in [-0.15, -0.1) is 0 Å². The fraction of sp³-hybridized carbons (Fsp3) is 0.500. The lowest BCUT2D eigenvalue weighted by atomic mass is 9.96. The van der Waals surface area contributed by atoms with Crippen molar-refractivity contribution in [3.63, 3.8) is 0 Å². The first kappa shape index (κ1) is 14.7. The monoisotopic (exact) mass is 375 g/mol. The van der Waals surface area contributed by atoms with E-state index in [-0.39, 0.29) is 18.6 Å². The van der Waals surface area contributed by atoms with Gasteiger partial charge in [0.25, 0.3) is 5.91 Å². The van der Waals surface area contributed by atoms with Crippen LogP contribution in [0, 0.1) is 10.5 Å². The number of halogens is 1. The molecular formula is C14H18INO3. The van der Waals surface area contributed by atoms with Crippen molar-refractivity contribution in [1.82, 2.24) is 5.32 Å². The molecule has 0 aromatic heterocycles. The van der Waals surface area contributed by atoms with Crippen molar-refractivity contribution in [1.29, 1.82) is 0 Å². The first-order chi connectivity index (χ1) is 8.94. The van der Waals surface area contributed by atoms with Crippen molar-refractivity contribution >= 4 is 28.5 Å². The number of rotatable bonds is 3. The number of amides is 1. The maximum atomic E-state index is 12.2. The fourth-order valence-electron chi connectivity index (χ4n) is 2.15. The minimum Gasteiger partial charge on any atom is -0.385 e. The molecule has 1 amide bonds. The lowest BCUT2D eigenvalue weighted by Gasteiger charge is -2.26. The molecule has 1 heterocycles. The number of nitrogens with one attached hydrogen (secondary N) is 1. The number of carbonyl (C=O) groups is 1. The van der Waals surface area contributed by atoms with Crippen molar-refractivity contribution < 1.29 is 14.6 Å². The van der Waals surface area contributed by atoms with E-state index in [1.165, 1.54) is 0 Å². The molecule has 0 bridgehead atoms. The largest absolute Gasteiger partial charge is 0.385 e. The molecule has 5 heteroatoms. The van der Waals surface area contributed by atoms with E-state index in [0.29, 0.717) is 18.6 Å². The molecule has 104 valence electrons. The number of aryl methyl sites for hydroxylation is 1. The molecular weight excluding hydrogens is 357 g/mol. The summed E-state index contributed by atoms with van der Waals surface area (Å²) in [6, 6.07) is 5.63. The normalized spacial score (nSPS) is 26.4. The molecule has 1 aliphatic heterocycles. The lowest BCUT2D eigenvalue weighted by Crippen LogP contribution is -2.47. The van der Waals surface area contributed by atoms with Gasteiger partial charge in [-0.05, 0) is 48.1 Å². The van der Waals surface area contributed by atoms with E-state index in [1.54, 1.807) is 6.07 Å². The number of hydrogen-bond donors (Lipinski definition) is 2. The third kappa shape index (κ3) is 3.09. The number of hydrogen-bond acceptors (Lipinski definition) is 3. The Bertz CT molecular complexity index is 492. The Labute approximate surface area is 126 Å². The molecule has 2 rings (SSSR count).